The Morgan fingerprint density at radius 1 is 1.03 bits per heavy atom. The first-order chi connectivity index (χ1) is 15.9. The van der Waals surface area contributed by atoms with Crippen LogP contribution in [-0.4, -0.2) is 26.4 Å². The van der Waals surface area contributed by atoms with E-state index in [1.807, 2.05) is 35.7 Å². The van der Waals surface area contributed by atoms with Crippen LogP contribution in [0.3, 0.4) is 0 Å². The molecule has 4 rings (SSSR count). The molecular weight excluding hydrogens is 465 g/mol. The van der Waals surface area contributed by atoms with Gasteiger partial charge in [0, 0.05) is 17.0 Å². The van der Waals surface area contributed by atoms with Gasteiger partial charge in [0.25, 0.3) is 15.9 Å². The summed E-state index contributed by atoms with van der Waals surface area (Å²) in [7, 11) is -2.66. The molecule has 0 fully saturated rings. The van der Waals surface area contributed by atoms with Crippen LogP contribution in [0.25, 0.3) is 11.3 Å². The number of rotatable bonds is 7. The second kappa shape index (κ2) is 9.39. The Kier molecular flexibility index (Phi) is 6.38. The number of benzene rings is 3. The molecule has 168 valence electrons. The quantitative estimate of drug-likeness (QED) is 0.385. The van der Waals surface area contributed by atoms with Gasteiger partial charge in [0.15, 0.2) is 5.13 Å². The van der Waals surface area contributed by atoms with Crippen LogP contribution in [0.1, 0.15) is 10.4 Å². The average Bonchev–Trinajstić information content (AvgIpc) is 3.28. The molecule has 7 nitrogen and oxygen atoms in total. The first kappa shape index (κ1) is 22.4. The number of sulfonamides is 1. The zero-order valence-electron chi connectivity index (χ0n) is 17.3. The number of nitrogens with one attached hydrogen (secondary N) is 2. The van der Waals surface area contributed by atoms with E-state index in [0.29, 0.717) is 16.6 Å². The second-order valence-corrected chi connectivity index (χ2v) is 9.37. The molecule has 0 saturated carbocycles. The topological polar surface area (TPSA) is 97.4 Å². The summed E-state index contributed by atoms with van der Waals surface area (Å²) in [5.41, 5.74) is 1.70. The van der Waals surface area contributed by atoms with Gasteiger partial charge in [-0.1, -0.05) is 30.3 Å². The highest BCUT2D eigenvalue weighted by molar-refractivity contribution is 7.92. The number of aromatic nitrogens is 1. The van der Waals surface area contributed by atoms with Crippen molar-refractivity contribution in [3.05, 3.63) is 89.6 Å². The number of anilines is 2. The summed E-state index contributed by atoms with van der Waals surface area (Å²) in [5, 5.41) is 4.88. The minimum Gasteiger partial charge on any atom is -0.497 e. The van der Waals surface area contributed by atoms with Crippen molar-refractivity contribution in [3.8, 4) is 17.0 Å². The van der Waals surface area contributed by atoms with Crippen LogP contribution >= 0.6 is 11.3 Å². The predicted molar refractivity (Wildman–Crippen MR) is 126 cm³/mol. The summed E-state index contributed by atoms with van der Waals surface area (Å²) >= 11 is 1.25. The van der Waals surface area contributed by atoms with Crippen molar-refractivity contribution < 1.29 is 22.3 Å². The number of nitrogens with zero attached hydrogens (tertiary/aromatic N) is 1. The van der Waals surface area contributed by atoms with E-state index in [1.54, 1.807) is 6.07 Å². The Hall–Kier alpha value is -3.76. The molecule has 4 aromatic rings. The number of amides is 1. The molecular formula is C23H18FN3O4S2. The molecule has 1 heterocycles. The second-order valence-electron chi connectivity index (χ2n) is 6.83. The van der Waals surface area contributed by atoms with E-state index in [-0.39, 0.29) is 16.1 Å². The number of thiazole rings is 1. The summed E-state index contributed by atoms with van der Waals surface area (Å²) in [6.45, 7) is 0. The van der Waals surface area contributed by atoms with E-state index in [2.05, 4.69) is 15.0 Å². The van der Waals surface area contributed by atoms with Crippen LogP contribution in [0.4, 0.5) is 15.2 Å². The fourth-order valence-corrected chi connectivity index (χ4v) is 4.77. The molecule has 0 saturated heterocycles. The lowest BCUT2D eigenvalue weighted by atomic mass is 10.1. The molecule has 1 amide bonds. The Morgan fingerprint density at radius 3 is 2.45 bits per heavy atom. The Morgan fingerprint density at radius 2 is 1.76 bits per heavy atom. The van der Waals surface area contributed by atoms with E-state index >= 15 is 0 Å². The summed E-state index contributed by atoms with van der Waals surface area (Å²) in [6, 6.07) is 18.2. The van der Waals surface area contributed by atoms with Crippen molar-refractivity contribution >= 4 is 38.1 Å². The lowest BCUT2D eigenvalue weighted by Crippen LogP contribution is -2.18. The smallest absolute Gasteiger partial charge is 0.261 e. The minimum absolute atomic E-state index is 0.0102. The molecule has 3 aromatic carbocycles. The lowest BCUT2D eigenvalue weighted by Gasteiger charge is -2.13. The van der Waals surface area contributed by atoms with Gasteiger partial charge in [-0.25, -0.2) is 17.8 Å². The highest BCUT2D eigenvalue weighted by Gasteiger charge is 2.20. The van der Waals surface area contributed by atoms with Gasteiger partial charge in [-0.05, 0) is 36.4 Å². The average molecular weight is 484 g/mol. The van der Waals surface area contributed by atoms with Crippen molar-refractivity contribution in [2.45, 2.75) is 4.90 Å². The summed E-state index contributed by atoms with van der Waals surface area (Å²) < 4.78 is 46.3. The molecule has 0 spiro atoms. The predicted octanol–water partition coefficient (Wildman–Crippen LogP) is 5.01. The number of halogens is 1. The van der Waals surface area contributed by atoms with Crippen molar-refractivity contribution in [3.63, 3.8) is 0 Å². The monoisotopic (exact) mass is 483 g/mol. The highest BCUT2D eigenvalue weighted by Crippen LogP contribution is 2.28. The van der Waals surface area contributed by atoms with Gasteiger partial charge in [-0.2, -0.15) is 0 Å². The zero-order chi connectivity index (χ0) is 23.4. The number of methoxy groups -OCH3 is 1. The third-order valence-corrected chi connectivity index (χ3v) is 6.77. The third kappa shape index (κ3) is 5.18. The highest BCUT2D eigenvalue weighted by atomic mass is 32.2. The standard InChI is InChI=1S/C23H18FN3O4S2/c1-31-17-9-12-19(20(13-17)27-33(29,30)18-10-7-16(24)8-11-18)22(28)26-23-25-21(14-32-23)15-5-3-2-4-6-15/h2-14,27H,1H3,(H,25,26,28). The number of hydrogen-bond donors (Lipinski definition) is 2. The van der Waals surface area contributed by atoms with Crippen LogP contribution in [0.15, 0.2) is 83.1 Å². The fourth-order valence-electron chi connectivity index (χ4n) is 2.99. The van der Waals surface area contributed by atoms with E-state index in [1.165, 1.54) is 30.6 Å². The molecule has 0 aliphatic rings. The van der Waals surface area contributed by atoms with Gasteiger partial charge in [0.1, 0.15) is 11.6 Å². The van der Waals surface area contributed by atoms with Gasteiger partial charge >= 0.3 is 0 Å². The van der Waals surface area contributed by atoms with Crippen molar-refractivity contribution in [1.82, 2.24) is 4.98 Å². The van der Waals surface area contributed by atoms with E-state index in [0.717, 1.165) is 29.8 Å². The van der Waals surface area contributed by atoms with Crippen molar-refractivity contribution in [1.29, 1.82) is 0 Å². The number of ether oxygens (including phenoxy) is 1. The molecule has 0 atom stereocenters. The normalized spacial score (nSPS) is 11.1. The van der Waals surface area contributed by atoms with Crippen LogP contribution in [-0.2, 0) is 10.0 Å². The molecule has 0 bridgehead atoms. The van der Waals surface area contributed by atoms with Crippen LogP contribution < -0.4 is 14.8 Å². The van der Waals surface area contributed by atoms with Gasteiger partial charge in [-0.15, -0.1) is 11.3 Å². The van der Waals surface area contributed by atoms with Crippen molar-refractivity contribution in [2.24, 2.45) is 0 Å². The summed E-state index contributed by atoms with van der Waals surface area (Å²) in [6.07, 6.45) is 0. The number of carbonyl (C=O) groups is 1. The first-order valence-electron chi connectivity index (χ1n) is 9.64. The van der Waals surface area contributed by atoms with Crippen LogP contribution in [0, 0.1) is 5.82 Å². The van der Waals surface area contributed by atoms with Gasteiger partial charge in [0.05, 0.1) is 29.0 Å². The third-order valence-electron chi connectivity index (χ3n) is 4.63. The molecule has 0 aliphatic heterocycles. The summed E-state index contributed by atoms with van der Waals surface area (Å²) in [5.74, 6) is -0.763. The number of hydrogen-bond acceptors (Lipinski definition) is 6. The maximum atomic E-state index is 13.2. The molecule has 33 heavy (non-hydrogen) atoms. The Labute approximate surface area is 193 Å². The molecule has 10 heteroatoms. The molecule has 1 aromatic heterocycles. The minimum atomic E-state index is -4.08. The fraction of sp³-hybridized carbons (Fsp3) is 0.0435. The van der Waals surface area contributed by atoms with Crippen molar-refractivity contribution in [2.75, 3.05) is 17.1 Å². The van der Waals surface area contributed by atoms with Crippen LogP contribution in [0.2, 0.25) is 0 Å². The van der Waals surface area contributed by atoms with E-state index in [4.69, 9.17) is 4.74 Å². The zero-order valence-corrected chi connectivity index (χ0v) is 18.9. The van der Waals surface area contributed by atoms with Gasteiger partial charge in [0.2, 0.25) is 0 Å². The van der Waals surface area contributed by atoms with Gasteiger partial charge < -0.3 is 4.74 Å². The molecule has 0 radical (unpaired) electrons. The largest absolute Gasteiger partial charge is 0.497 e. The molecule has 0 unspecified atom stereocenters. The molecule has 0 aliphatic carbocycles. The van der Waals surface area contributed by atoms with E-state index in [9.17, 15) is 17.6 Å². The maximum absolute atomic E-state index is 13.2. The maximum Gasteiger partial charge on any atom is 0.261 e. The Balaban J connectivity index is 1.61. The SMILES string of the molecule is COc1ccc(C(=O)Nc2nc(-c3ccccc3)cs2)c(NS(=O)(=O)c2ccc(F)cc2)c1. The lowest BCUT2D eigenvalue weighted by molar-refractivity contribution is 0.102. The first-order valence-corrected chi connectivity index (χ1v) is 12.0. The van der Waals surface area contributed by atoms with E-state index < -0.39 is 21.7 Å². The Bertz CT molecular complexity index is 1390. The summed E-state index contributed by atoms with van der Waals surface area (Å²) in [4.78, 5) is 17.3. The number of carbonyl (C=O) groups excluding carboxylic acids is 1. The van der Waals surface area contributed by atoms with Crippen LogP contribution in [0.5, 0.6) is 5.75 Å². The van der Waals surface area contributed by atoms with Gasteiger partial charge in [-0.3, -0.25) is 14.8 Å². The molecule has 2 N–H and O–H groups in total.